The molecule has 12 nitrogen and oxygen atoms in total. The van der Waals surface area contributed by atoms with Crippen molar-refractivity contribution in [1.29, 1.82) is 0 Å². The summed E-state index contributed by atoms with van der Waals surface area (Å²) < 4.78 is 0. The smallest absolute Gasteiger partial charge is 0.321 e. The standard InChI is InChI=1S/4C3H7NO2S.Zn/c4*4-2(1-7)3(5)6;/h4*2,7H,1,4H2,(H,5,6);/t4*2-;/m0000./s1. The number of aliphatic carboxylic acids is 4. The fourth-order valence-corrected chi connectivity index (χ4v) is 0.937. The molecule has 29 heavy (non-hydrogen) atoms. The molecule has 17 heteroatoms. The molecule has 0 unspecified atom stereocenters. The third-order valence-electron chi connectivity index (χ3n) is 2.06. The van der Waals surface area contributed by atoms with Gasteiger partial charge in [0.05, 0.1) is 0 Å². The van der Waals surface area contributed by atoms with E-state index in [4.69, 9.17) is 43.4 Å². The predicted octanol–water partition coefficient (Wildman–Crippen LogP) is -2.69. The Kier molecular flexibility index (Phi) is 34.9. The number of nitrogens with two attached hydrogens (primary N) is 4. The predicted molar refractivity (Wildman–Crippen MR) is 118 cm³/mol. The molecule has 0 aliphatic carbocycles. The first-order valence-electron chi connectivity index (χ1n) is 7.10. The van der Waals surface area contributed by atoms with Gasteiger partial charge >= 0.3 is 23.9 Å². The average molecular weight is 550 g/mol. The van der Waals surface area contributed by atoms with E-state index in [9.17, 15) is 19.2 Å². The first-order chi connectivity index (χ1) is 12.7. The first-order valence-corrected chi connectivity index (χ1v) is 9.63. The van der Waals surface area contributed by atoms with Gasteiger partial charge in [-0.05, 0) is 0 Å². The van der Waals surface area contributed by atoms with Crippen LogP contribution in [0.2, 0.25) is 0 Å². The van der Waals surface area contributed by atoms with E-state index in [2.05, 4.69) is 50.5 Å². The molecule has 4 atom stereocenters. The Balaban J connectivity index is -0.0000000873. The fourth-order valence-electron chi connectivity index (χ4n) is 0.312. The fraction of sp³-hybridized carbons (Fsp3) is 0.667. The van der Waals surface area contributed by atoms with Crippen LogP contribution in [0.15, 0.2) is 0 Å². The van der Waals surface area contributed by atoms with Crippen LogP contribution in [0.5, 0.6) is 0 Å². The van der Waals surface area contributed by atoms with Crippen LogP contribution >= 0.6 is 50.5 Å². The molecule has 0 aromatic heterocycles. The summed E-state index contributed by atoms with van der Waals surface area (Å²) in [5, 5.41) is 32.0. The maximum absolute atomic E-state index is 9.76. The van der Waals surface area contributed by atoms with Crippen molar-refractivity contribution in [3.05, 3.63) is 0 Å². The summed E-state index contributed by atoms with van der Waals surface area (Å²) in [5.41, 5.74) is 19.8. The summed E-state index contributed by atoms with van der Waals surface area (Å²) in [5.74, 6) is -3.26. The minimum Gasteiger partial charge on any atom is -0.480 e. The van der Waals surface area contributed by atoms with Gasteiger partial charge in [-0.25, -0.2) is 0 Å². The topological polar surface area (TPSA) is 253 Å². The molecule has 170 valence electrons. The Hall–Kier alpha value is -0.257. The van der Waals surface area contributed by atoms with E-state index >= 15 is 0 Å². The minimum absolute atomic E-state index is 0. The van der Waals surface area contributed by atoms with Gasteiger partial charge < -0.3 is 43.4 Å². The van der Waals surface area contributed by atoms with Gasteiger partial charge in [-0.2, -0.15) is 50.5 Å². The van der Waals surface area contributed by atoms with Crippen LogP contribution in [-0.2, 0) is 38.7 Å². The summed E-state index contributed by atoms with van der Waals surface area (Å²) in [7, 11) is 0. The van der Waals surface area contributed by atoms with Crippen LogP contribution in [0.4, 0.5) is 0 Å². The van der Waals surface area contributed by atoms with Crippen molar-refractivity contribution in [1.82, 2.24) is 0 Å². The second kappa shape index (κ2) is 25.8. The van der Waals surface area contributed by atoms with Gasteiger partial charge in [-0.3, -0.25) is 19.2 Å². The van der Waals surface area contributed by atoms with E-state index in [1.807, 2.05) is 0 Å². The molecule has 0 aromatic rings. The maximum Gasteiger partial charge on any atom is 0.321 e. The molecule has 0 rings (SSSR count). The molecule has 0 aliphatic heterocycles. The Bertz CT molecular complexity index is 388. The van der Waals surface area contributed by atoms with E-state index in [1.54, 1.807) is 0 Å². The normalized spacial score (nSPS) is 13.0. The number of hydrogen-bond acceptors (Lipinski definition) is 12. The monoisotopic (exact) mass is 548 g/mol. The van der Waals surface area contributed by atoms with Crippen LogP contribution < -0.4 is 22.9 Å². The van der Waals surface area contributed by atoms with Crippen LogP contribution in [0.1, 0.15) is 0 Å². The van der Waals surface area contributed by atoms with Gasteiger partial charge in [0.25, 0.3) is 0 Å². The van der Waals surface area contributed by atoms with Crippen molar-refractivity contribution in [2.45, 2.75) is 24.2 Å². The quantitative estimate of drug-likeness (QED) is 0.109. The van der Waals surface area contributed by atoms with E-state index in [0.29, 0.717) is 0 Å². The Labute approximate surface area is 202 Å². The number of carbonyl (C=O) groups is 4. The van der Waals surface area contributed by atoms with Crippen LogP contribution in [0.25, 0.3) is 0 Å². The van der Waals surface area contributed by atoms with Gasteiger partial charge in [0, 0.05) is 42.5 Å². The minimum atomic E-state index is -1.00. The first kappa shape index (κ1) is 39.2. The second-order valence-corrected chi connectivity index (χ2v) is 5.97. The Morgan fingerprint density at radius 3 is 0.621 bits per heavy atom. The zero-order valence-corrected chi connectivity index (χ0v) is 21.9. The third kappa shape index (κ3) is 32.6. The molecular formula is C12H28N4O8S4Zn. The number of hydrogen-bond donors (Lipinski definition) is 12. The van der Waals surface area contributed by atoms with E-state index in [1.165, 1.54) is 0 Å². The number of carboxylic acid groups (broad SMARTS) is 4. The summed E-state index contributed by atoms with van der Waals surface area (Å²) >= 11 is 14.6. The summed E-state index contributed by atoms with van der Waals surface area (Å²) in [6, 6.07) is -3.27. The van der Waals surface area contributed by atoms with Crippen molar-refractivity contribution >= 4 is 74.4 Å². The van der Waals surface area contributed by atoms with Gasteiger partial charge in [-0.15, -0.1) is 0 Å². The van der Waals surface area contributed by atoms with E-state index < -0.39 is 48.0 Å². The third-order valence-corrected chi connectivity index (χ3v) is 3.63. The van der Waals surface area contributed by atoms with Gasteiger partial charge in [-0.1, -0.05) is 0 Å². The molecule has 0 spiro atoms. The second-order valence-electron chi connectivity index (χ2n) is 4.51. The molecule has 0 bridgehead atoms. The SMILES string of the molecule is N[C@@H](CS)C(=O)O.N[C@@H](CS)C(=O)O.N[C@@H](CS)C(=O)O.N[C@@H](CS)C(=O)O.[Zn]. The van der Waals surface area contributed by atoms with Crippen LogP contribution in [-0.4, -0.2) is 91.5 Å². The van der Waals surface area contributed by atoms with Crippen molar-refractivity contribution in [3.8, 4) is 0 Å². The molecule has 0 fully saturated rings. The van der Waals surface area contributed by atoms with Gasteiger partial charge in [0.2, 0.25) is 0 Å². The van der Waals surface area contributed by atoms with Crippen molar-refractivity contribution in [3.63, 3.8) is 0 Å². The number of thiol groups is 4. The van der Waals surface area contributed by atoms with Gasteiger partial charge in [0.1, 0.15) is 24.2 Å². The molecule has 0 radical (unpaired) electrons. The largest absolute Gasteiger partial charge is 0.480 e. The molecule has 12 N–H and O–H groups in total. The molecule has 0 heterocycles. The molecule has 0 aliphatic rings. The molecule has 0 saturated heterocycles. The van der Waals surface area contributed by atoms with Crippen molar-refractivity contribution in [2.75, 3.05) is 23.0 Å². The molecule has 0 saturated carbocycles. The van der Waals surface area contributed by atoms with E-state index in [0.717, 1.165) is 0 Å². The summed E-state index contributed by atoms with van der Waals surface area (Å²) in [4.78, 5) is 39.0. The number of carboxylic acids is 4. The zero-order chi connectivity index (χ0) is 23.4. The maximum atomic E-state index is 9.76. The summed E-state index contributed by atoms with van der Waals surface area (Å²) in [6.45, 7) is 0. The van der Waals surface area contributed by atoms with E-state index in [-0.39, 0.29) is 42.5 Å². The van der Waals surface area contributed by atoms with Gasteiger partial charge in [0.15, 0.2) is 0 Å². The molecule has 0 aromatic carbocycles. The number of rotatable bonds is 8. The van der Waals surface area contributed by atoms with Crippen molar-refractivity contribution in [2.24, 2.45) is 22.9 Å². The van der Waals surface area contributed by atoms with Crippen molar-refractivity contribution < 1.29 is 59.1 Å². The van der Waals surface area contributed by atoms with Crippen LogP contribution in [0.3, 0.4) is 0 Å². The average Bonchev–Trinajstić information content (AvgIpc) is 2.66. The Morgan fingerprint density at radius 1 is 0.517 bits per heavy atom. The zero-order valence-electron chi connectivity index (χ0n) is 15.4. The molecular weight excluding hydrogens is 522 g/mol. The molecule has 0 amide bonds. The Morgan fingerprint density at radius 2 is 0.621 bits per heavy atom. The summed E-state index contributed by atoms with van der Waals surface area (Å²) in [6.07, 6.45) is 0. The van der Waals surface area contributed by atoms with Crippen LogP contribution in [0, 0.1) is 0 Å².